The van der Waals surface area contributed by atoms with Gasteiger partial charge in [0.2, 0.25) is 5.75 Å². The summed E-state index contributed by atoms with van der Waals surface area (Å²) in [4.78, 5) is 3.13. The molecule has 1 heterocycles. The summed E-state index contributed by atoms with van der Waals surface area (Å²) in [5.41, 5.74) is 1.74. The second kappa shape index (κ2) is 3.96. The zero-order valence-corrected chi connectivity index (χ0v) is 9.59. The zero-order valence-electron chi connectivity index (χ0n) is 9.59. The van der Waals surface area contributed by atoms with Crippen molar-refractivity contribution in [2.24, 2.45) is 0 Å². The predicted octanol–water partition coefficient (Wildman–Crippen LogP) is 2.38. The van der Waals surface area contributed by atoms with E-state index in [0.29, 0.717) is 17.2 Å². The van der Waals surface area contributed by atoms with Crippen LogP contribution in [0.25, 0.3) is 10.9 Å². The van der Waals surface area contributed by atoms with E-state index in [0.717, 1.165) is 16.6 Å². The molecule has 4 nitrogen and oxygen atoms in total. The van der Waals surface area contributed by atoms with Crippen LogP contribution in [0.4, 0.5) is 0 Å². The van der Waals surface area contributed by atoms with Gasteiger partial charge in [-0.1, -0.05) is 0 Å². The Balaban J connectivity index is 2.81. The highest BCUT2D eigenvalue weighted by molar-refractivity contribution is 5.91. The van der Waals surface area contributed by atoms with Gasteiger partial charge in [0.1, 0.15) is 0 Å². The average molecular weight is 220 g/mol. The normalized spacial score (nSPS) is 10.5. The molecule has 0 unspecified atom stereocenters. The Labute approximate surface area is 94.1 Å². The fraction of sp³-hybridized carbons (Fsp3) is 0.250. The van der Waals surface area contributed by atoms with E-state index in [1.165, 1.54) is 0 Å². The van der Waals surface area contributed by atoms with Crippen LogP contribution < -0.4 is 14.2 Å². The number of aromatic amines is 1. The lowest BCUT2D eigenvalue weighted by atomic mass is 10.2. The largest absolute Gasteiger partial charge is 0.493 e. The van der Waals surface area contributed by atoms with Gasteiger partial charge in [0.25, 0.3) is 0 Å². The molecular weight excluding hydrogens is 206 g/mol. The molecule has 85 valence electrons. The summed E-state index contributed by atoms with van der Waals surface area (Å²) in [6.45, 7) is 3.85. The maximum Gasteiger partial charge on any atom is 0.204 e. The molecule has 16 heavy (non-hydrogen) atoms. The highest BCUT2D eigenvalue weighted by Crippen LogP contribution is 2.43. The quantitative estimate of drug-likeness (QED) is 0.863. The average Bonchev–Trinajstić information content (AvgIpc) is 2.66. The van der Waals surface area contributed by atoms with E-state index < -0.39 is 0 Å². The molecule has 0 saturated heterocycles. The first-order valence-corrected chi connectivity index (χ1v) is 4.85. The molecule has 0 saturated carbocycles. The van der Waals surface area contributed by atoms with Crippen LogP contribution in [-0.4, -0.2) is 26.3 Å². The third-order valence-electron chi connectivity index (χ3n) is 2.48. The predicted molar refractivity (Wildman–Crippen MR) is 62.4 cm³/mol. The molecule has 0 aliphatic heterocycles. The fourth-order valence-corrected chi connectivity index (χ4v) is 1.81. The van der Waals surface area contributed by atoms with E-state index in [2.05, 4.69) is 11.9 Å². The van der Waals surface area contributed by atoms with Crippen molar-refractivity contribution in [2.45, 2.75) is 0 Å². The van der Waals surface area contributed by atoms with Gasteiger partial charge in [-0.25, -0.2) is 0 Å². The van der Waals surface area contributed by atoms with Crippen molar-refractivity contribution in [3.05, 3.63) is 24.8 Å². The zero-order chi connectivity index (χ0) is 11.7. The number of methoxy groups -OCH3 is 3. The molecule has 0 spiro atoms. The third kappa shape index (κ3) is 1.46. The minimum Gasteiger partial charge on any atom is -0.493 e. The van der Waals surface area contributed by atoms with Crippen LogP contribution in [0.2, 0.25) is 0 Å². The summed E-state index contributed by atoms with van der Waals surface area (Å²) >= 11 is 0. The Morgan fingerprint density at radius 1 is 1.00 bits per heavy atom. The number of H-pyrrole nitrogens is 1. The first kappa shape index (κ1) is 10.7. The van der Waals surface area contributed by atoms with Crippen LogP contribution in [-0.2, 0) is 0 Å². The molecule has 1 aromatic heterocycles. The lowest BCUT2D eigenvalue weighted by Crippen LogP contribution is -1.95. The van der Waals surface area contributed by atoms with Gasteiger partial charge in [0.05, 0.1) is 26.8 Å². The van der Waals surface area contributed by atoms with Crippen molar-refractivity contribution in [1.29, 1.82) is 0 Å². The van der Waals surface area contributed by atoms with Crippen LogP contribution in [0.15, 0.2) is 12.1 Å². The summed E-state index contributed by atoms with van der Waals surface area (Å²) in [5.74, 6) is 1.88. The van der Waals surface area contributed by atoms with E-state index in [9.17, 15) is 0 Å². The van der Waals surface area contributed by atoms with Gasteiger partial charge in [0.15, 0.2) is 11.5 Å². The van der Waals surface area contributed by atoms with Crippen LogP contribution in [0.5, 0.6) is 17.2 Å². The van der Waals surface area contributed by atoms with Gasteiger partial charge in [-0.05, 0) is 13.0 Å². The summed E-state index contributed by atoms with van der Waals surface area (Å²) < 4.78 is 15.9. The van der Waals surface area contributed by atoms with E-state index in [-0.39, 0.29) is 0 Å². The van der Waals surface area contributed by atoms with E-state index in [4.69, 9.17) is 14.2 Å². The number of ether oxygens (including phenoxy) is 3. The molecule has 2 rings (SSSR count). The molecule has 0 aliphatic rings. The summed E-state index contributed by atoms with van der Waals surface area (Å²) in [6, 6.07) is 3.78. The SMILES string of the molecule is [CH2]c1cc2c(OC)c(OC)c(OC)cc2[nH]1. The van der Waals surface area contributed by atoms with E-state index >= 15 is 0 Å². The molecule has 1 N–H and O–H groups in total. The first-order chi connectivity index (χ1) is 7.71. The minimum absolute atomic E-state index is 0.594. The van der Waals surface area contributed by atoms with Gasteiger partial charge in [-0.2, -0.15) is 0 Å². The van der Waals surface area contributed by atoms with Gasteiger partial charge in [0, 0.05) is 17.1 Å². The minimum atomic E-state index is 0.594. The monoisotopic (exact) mass is 220 g/mol. The van der Waals surface area contributed by atoms with E-state index in [1.54, 1.807) is 21.3 Å². The highest BCUT2D eigenvalue weighted by Gasteiger charge is 2.16. The Hall–Kier alpha value is -1.84. The number of hydrogen-bond donors (Lipinski definition) is 1. The number of fused-ring (bicyclic) bond motifs is 1. The van der Waals surface area contributed by atoms with Crippen LogP contribution >= 0.6 is 0 Å². The smallest absolute Gasteiger partial charge is 0.204 e. The standard InChI is InChI=1S/C12H14NO3/c1-7-5-8-9(13-7)6-10(14-2)12(16-4)11(8)15-3/h5-6,13H,1H2,2-4H3. The number of rotatable bonds is 3. The highest BCUT2D eigenvalue weighted by atomic mass is 16.5. The number of benzene rings is 1. The second-order valence-corrected chi connectivity index (χ2v) is 3.40. The van der Waals surface area contributed by atoms with Crippen molar-refractivity contribution < 1.29 is 14.2 Å². The Morgan fingerprint density at radius 2 is 1.69 bits per heavy atom. The molecule has 0 fully saturated rings. The van der Waals surface area contributed by atoms with Crippen LogP contribution in [0.3, 0.4) is 0 Å². The summed E-state index contributed by atoms with van der Waals surface area (Å²) in [5, 5.41) is 0.935. The molecule has 0 aliphatic carbocycles. The maximum atomic E-state index is 5.35. The summed E-state index contributed by atoms with van der Waals surface area (Å²) in [6.07, 6.45) is 0. The van der Waals surface area contributed by atoms with Gasteiger partial charge < -0.3 is 19.2 Å². The molecule has 4 heteroatoms. The molecule has 0 amide bonds. The molecule has 0 atom stereocenters. The second-order valence-electron chi connectivity index (χ2n) is 3.40. The fourth-order valence-electron chi connectivity index (χ4n) is 1.81. The number of aromatic nitrogens is 1. The maximum absolute atomic E-state index is 5.35. The van der Waals surface area contributed by atoms with Crippen LogP contribution in [0.1, 0.15) is 5.69 Å². The van der Waals surface area contributed by atoms with Gasteiger partial charge in [-0.15, -0.1) is 0 Å². The molecule has 2 aromatic rings. The van der Waals surface area contributed by atoms with Crippen molar-refractivity contribution in [2.75, 3.05) is 21.3 Å². The molecular formula is C12H14NO3. The van der Waals surface area contributed by atoms with Crippen LogP contribution in [0, 0.1) is 6.92 Å². The number of nitrogens with one attached hydrogen (secondary N) is 1. The molecule has 1 aromatic carbocycles. The lowest BCUT2D eigenvalue weighted by molar-refractivity contribution is 0.327. The lowest BCUT2D eigenvalue weighted by Gasteiger charge is -2.12. The van der Waals surface area contributed by atoms with Crippen molar-refractivity contribution in [1.82, 2.24) is 4.98 Å². The number of hydrogen-bond acceptors (Lipinski definition) is 3. The Kier molecular flexibility index (Phi) is 2.64. The summed E-state index contributed by atoms with van der Waals surface area (Å²) in [7, 11) is 4.79. The van der Waals surface area contributed by atoms with E-state index in [1.807, 2.05) is 12.1 Å². The first-order valence-electron chi connectivity index (χ1n) is 4.85. The third-order valence-corrected chi connectivity index (χ3v) is 2.48. The van der Waals surface area contributed by atoms with Crippen molar-refractivity contribution >= 4 is 10.9 Å². The van der Waals surface area contributed by atoms with Crippen molar-refractivity contribution in [3.63, 3.8) is 0 Å². The molecule has 1 radical (unpaired) electrons. The van der Waals surface area contributed by atoms with Gasteiger partial charge in [-0.3, -0.25) is 0 Å². The van der Waals surface area contributed by atoms with Gasteiger partial charge >= 0.3 is 0 Å². The Bertz CT molecular complexity index is 516. The molecule has 0 bridgehead atoms. The van der Waals surface area contributed by atoms with Crippen molar-refractivity contribution in [3.8, 4) is 17.2 Å². The topological polar surface area (TPSA) is 43.5 Å². The Morgan fingerprint density at radius 3 is 2.25 bits per heavy atom.